The Balaban J connectivity index is 2.83. The molecule has 0 aliphatic heterocycles. The lowest BCUT2D eigenvalue weighted by molar-refractivity contribution is 0.130. The Morgan fingerprint density at radius 3 is 2.43 bits per heavy atom. The lowest BCUT2D eigenvalue weighted by atomic mass is 10.5. The molecule has 0 heterocycles. The van der Waals surface area contributed by atoms with Gasteiger partial charge in [0.25, 0.3) is 0 Å². The van der Waals surface area contributed by atoms with E-state index >= 15 is 0 Å². The summed E-state index contributed by atoms with van der Waals surface area (Å²) in [5.41, 5.74) is 0. The van der Waals surface area contributed by atoms with Crippen molar-refractivity contribution in [3.8, 4) is 0 Å². The first kappa shape index (κ1) is 6.82. The Hall–Kier alpha value is -0.180. The van der Waals surface area contributed by atoms with E-state index in [1.165, 1.54) is 0 Å². The highest BCUT2D eigenvalue weighted by Crippen LogP contribution is 1.90. The molecule has 1 nitrogen and oxygen atoms in total. The molecule has 0 fully saturated rings. The second-order valence-electron chi connectivity index (χ2n) is 1.12. The summed E-state index contributed by atoms with van der Waals surface area (Å²) < 4.78 is 26.7. The zero-order valence-electron chi connectivity index (χ0n) is 3.86. The van der Waals surface area contributed by atoms with E-state index in [1.54, 1.807) is 0 Å². The van der Waals surface area contributed by atoms with Gasteiger partial charge >= 0.3 is 0 Å². The van der Waals surface area contributed by atoms with Crippen molar-refractivity contribution in [2.45, 2.75) is 6.17 Å². The summed E-state index contributed by atoms with van der Waals surface area (Å²) >= 11 is 0. The molecule has 43 valence electrons. The van der Waals surface area contributed by atoms with Gasteiger partial charge < -0.3 is 4.74 Å². The molecule has 0 aromatic carbocycles. The first-order valence-electron chi connectivity index (χ1n) is 1.88. The Labute approximate surface area is 41.3 Å². The van der Waals surface area contributed by atoms with Crippen molar-refractivity contribution in [2.24, 2.45) is 0 Å². The van der Waals surface area contributed by atoms with Crippen molar-refractivity contribution in [1.82, 2.24) is 0 Å². The van der Waals surface area contributed by atoms with Gasteiger partial charge in [0, 0.05) is 0 Å². The van der Waals surface area contributed by atoms with Crippen LogP contribution in [0.3, 0.4) is 0 Å². The fourth-order valence-corrected chi connectivity index (χ4v) is 0.172. The summed E-state index contributed by atoms with van der Waals surface area (Å²) in [4.78, 5) is 0. The molecule has 0 saturated carbocycles. The topological polar surface area (TPSA) is 9.23 Å². The molecular weight excluding hydrogens is 102 g/mol. The largest absolute Gasteiger partial charge is 0.376 e. The third-order valence-electron chi connectivity index (χ3n) is 0.466. The molecule has 0 bridgehead atoms. The van der Waals surface area contributed by atoms with Gasteiger partial charge in [-0.15, -0.1) is 0 Å². The first-order chi connectivity index (χ1) is 3.31. The molecule has 0 spiro atoms. The van der Waals surface area contributed by atoms with Crippen molar-refractivity contribution >= 4 is 0 Å². The second kappa shape index (κ2) is 3.99. The highest BCUT2D eigenvalue weighted by atomic mass is 19.2. The normalized spacial score (nSPS) is 14.1. The van der Waals surface area contributed by atoms with E-state index in [9.17, 15) is 8.78 Å². The number of hydrogen-bond donors (Lipinski definition) is 0. The zero-order valence-corrected chi connectivity index (χ0v) is 3.86. The number of halogens is 2. The van der Waals surface area contributed by atoms with Crippen LogP contribution in [0, 0.1) is 7.11 Å². The summed E-state index contributed by atoms with van der Waals surface area (Å²) in [6, 6.07) is 0. The molecule has 1 atom stereocenters. The maximum absolute atomic E-state index is 11.6. The van der Waals surface area contributed by atoms with Gasteiger partial charge in [-0.05, 0) is 0 Å². The molecule has 0 aliphatic rings. The standard InChI is InChI=1S/C4H7F2O/c1-7-3-4(6)2-5/h4H,1-3H2. The highest BCUT2D eigenvalue weighted by Gasteiger charge is 2.01. The fourth-order valence-electron chi connectivity index (χ4n) is 0.172. The maximum Gasteiger partial charge on any atom is 0.151 e. The average molecular weight is 109 g/mol. The van der Waals surface area contributed by atoms with Gasteiger partial charge in [0.05, 0.1) is 13.7 Å². The van der Waals surface area contributed by atoms with Crippen LogP contribution in [0.1, 0.15) is 0 Å². The number of ether oxygens (including phenoxy) is 1. The summed E-state index contributed by atoms with van der Waals surface area (Å²) in [5, 5.41) is 0. The van der Waals surface area contributed by atoms with Crippen molar-refractivity contribution < 1.29 is 13.5 Å². The van der Waals surface area contributed by atoms with Crippen molar-refractivity contribution in [1.29, 1.82) is 0 Å². The minimum Gasteiger partial charge on any atom is -0.376 e. The summed E-state index contributed by atoms with van der Waals surface area (Å²) in [7, 11) is 2.87. The SMILES string of the molecule is [CH2]OCC(F)CF. The van der Waals surface area contributed by atoms with Crippen LogP contribution in [0.4, 0.5) is 8.78 Å². The molecule has 0 aromatic heterocycles. The van der Waals surface area contributed by atoms with Crippen LogP contribution in [0.15, 0.2) is 0 Å². The number of hydrogen-bond acceptors (Lipinski definition) is 1. The van der Waals surface area contributed by atoms with E-state index in [4.69, 9.17) is 0 Å². The summed E-state index contributed by atoms with van der Waals surface area (Å²) in [6.07, 6.45) is -1.50. The minimum atomic E-state index is -1.50. The van der Waals surface area contributed by atoms with Crippen molar-refractivity contribution in [3.05, 3.63) is 7.11 Å². The van der Waals surface area contributed by atoms with Gasteiger partial charge in [0.15, 0.2) is 6.17 Å². The monoisotopic (exact) mass is 109 g/mol. The molecule has 0 aliphatic carbocycles. The van der Waals surface area contributed by atoms with Crippen LogP contribution in [0.2, 0.25) is 0 Å². The van der Waals surface area contributed by atoms with Crippen molar-refractivity contribution in [3.63, 3.8) is 0 Å². The van der Waals surface area contributed by atoms with E-state index in [-0.39, 0.29) is 6.61 Å². The van der Waals surface area contributed by atoms with Gasteiger partial charge in [-0.1, -0.05) is 0 Å². The van der Waals surface area contributed by atoms with Gasteiger partial charge in [0.2, 0.25) is 0 Å². The lowest BCUT2D eigenvalue weighted by Crippen LogP contribution is -2.08. The van der Waals surface area contributed by atoms with Gasteiger partial charge in [0.1, 0.15) is 6.67 Å². The molecule has 1 unspecified atom stereocenters. The number of rotatable bonds is 3. The number of alkyl halides is 2. The third-order valence-corrected chi connectivity index (χ3v) is 0.466. The van der Waals surface area contributed by atoms with Crippen molar-refractivity contribution in [2.75, 3.05) is 13.3 Å². The average Bonchev–Trinajstić information content (AvgIpc) is 1.68. The van der Waals surface area contributed by atoms with Gasteiger partial charge in [-0.2, -0.15) is 0 Å². The van der Waals surface area contributed by atoms with Crippen LogP contribution in [0.5, 0.6) is 0 Å². The van der Waals surface area contributed by atoms with E-state index < -0.39 is 12.8 Å². The minimum absolute atomic E-state index is 0.253. The van der Waals surface area contributed by atoms with Crippen LogP contribution < -0.4 is 0 Å². The molecule has 3 heteroatoms. The smallest absolute Gasteiger partial charge is 0.151 e. The van der Waals surface area contributed by atoms with Crippen LogP contribution in [-0.4, -0.2) is 19.5 Å². The molecule has 0 aromatic rings. The Morgan fingerprint density at radius 2 is 2.29 bits per heavy atom. The van der Waals surface area contributed by atoms with E-state index in [1.807, 2.05) is 0 Å². The van der Waals surface area contributed by atoms with E-state index in [0.29, 0.717) is 0 Å². The fraction of sp³-hybridized carbons (Fsp3) is 0.750. The van der Waals surface area contributed by atoms with Crippen LogP contribution in [0.25, 0.3) is 0 Å². The molecule has 0 amide bonds. The molecule has 7 heavy (non-hydrogen) atoms. The maximum atomic E-state index is 11.6. The lowest BCUT2D eigenvalue weighted by Gasteiger charge is -1.97. The Morgan fingerprint density at radius 1 is 1.71 bits per heavy atom. The van der Waals surface area contributed by atoms with Crippen LogP contribution in [-0.2, 0) is 4.74 Å². The highest BCUT2D eigenvalue weighted by molar-refractivity contribution is 4.48. The molecule has 0 saturated heterocycles. The molecule has 1 radical (unpaired) electrons. The predicted octanol–water partition coefficient (Wildman–Crippen LogP) is 1.10. The quantitative estimate of drug-likeness (QED) is 0.527. The Bertz CT molecular complexity index is 40.7. The van der Waals surface area contributed by atoms with E-state index in [2.05, 4.69) is 11.8 Å². The second-order valence-corrected chi connectivity index (χ2v) is 1.12. The first-order valence-corrected chi connectivity index (χ1v) is 1.88. The van der Waals surface area contributed by atoms with Crippen LogP contribution >= 0.6 is 0 Å². The third kappa shape index (κ3) is 3.66. The molecular formula is C4H7F2O. The molecule has 0 N–H and O–H groups in total. The molecule has 0 rings (SSSR count). The predicted molar refractivity (Wildman–Crippen MR) is 22.2 cm³/mol. The Kier molecular flexibility index (Phi) is 3.89. The van der Waals surface area contributed by atoms with Gasteiger partial charge in [-0.3, -0.25) is 0 Å². The zero-order chi connectivity index (χ0) is 5.70. The summed E-state index contributed by atoms with van der Waals surface area (Å²) in [6.45, 7) is -1.24. The van der Waals surface area contributed by atoms with E-state index in [0.717, 1.165) is 0 Å². The van der Waals surface area contributed by atoms with Gasteiger partial charge in [-0.25, -0.2) is 8.78 Å². The summed E-state index contributed by atoms with van der Waals surface area (Å²) in [5.74, 6) is 0.